The van der Waals surface area contributed by atoms with Gasteiger partial charge in [0.25, 0.3) is 0 Å². The van der Waals surface area contributed by atoms with Crippen LogP contribution in [0.15, 0.2) is 0 Å². The Morgan fingerprint density at radius 2 is 1.22 bits per heavy atom. The number of rotatable bonds is 19. The first kappa shape index (κ1) is 25.8. The molecule has 0 rings (SSSR count). The third-order valence-electron chi connectivity index (χ3n) is 5.03. The van der Waals surface area contributed by atoms with E-state index < -0.39 is 23.8 Å². The molecule has 0 radical (unpaired) electrons. The summed E-state index contributed by atoms with van der Waals surface area (Å²) < 4.78 is 0. The number of unbranched alkanes of at least 4 members (excludes halogenated alkanes) is 10. The lowest BCUT2D eigenvalue weighted by molar-refractivity contribution is -0.151. The molecule has 0 saturated carbocycles. The van der Waals surface area contributed by atoms with Crippen LogP contribution in [0.25, 0.3) is 0 Å². The topological polar surface area (TPSA) is 91.7 Å². The summed E-state index contributed by atoms with van der Waals surface area (Å²) in [6.07, 6.45) is 11.6. The lowest BCUT2D eigenvalue weighted by atomic mass is 9.90. The summed E-state index contributed by atoms with van der Waals surface area (Å²) in [6, 6.07) is 0. The number of hydrogen-bond acceptors (Lipinski definition) is 4. The van der Waals surface area contributed by atoms with Gasteiger partial charge >= 0.3 is 5.97 Å². The first-order valence-corrected chi connectivity index (χ1v) is 10.9. The van der Waals surface area contributed by atoms with Gasteiger partial charge in [-0.1, -0.05) is 84.5 Å². The van der Waals surface area contributed by atoms with Crippen LogP contribution in [0.3, 0.4) is 0 Å². The molecule has 0 fully saturated rings. The summed E-state index contributed by atoms with van der Waals surface area (Å²) in [5, 5.41) is 19.4. The highest BCUT2D eigenvalue weighted by Gasteiger charge is 2.33. The highest BCUT2D eigenvalue weighted by Crippen LogP contribution is 2.17. The fourth-order valence-corrected chi connectivity index (χ4v) is 3.31. The quantitative estimate of drug-likeness (QED) is 0.239. The highest BCUT2D eigenvalue weighted by molar-refractivity contribution is 6.07. The zero-order valence-corrected chi connectivity index (χ0v) is 17.4. The van der Waals surface area contributed by atoms with Gasteiger partial charge in [0, 0.05) is 6.42 Å². The van der Waals surface area contributed by atoms with Crippen LogP contribution in [0.4, 0.5) is 0 Å². The molecular formula is C22H40O5. The van der Waals surface area contributed by atoms with Gasteiger partial charge in [-0.25, -0.2) is 0 Å². The molecule has 0 aliphatic rings. The molecule has 0 heterocycles. The number of aliphatic hydroxyl groups excluding tert-OH is 1. The molecule has 158 valence electrons. The molecule has 0 aliphatic heterocycles. The van der Waals surface area contributed by atoms with Gasteiger partial charge in [-0.15, -0.1) is 0 Å². The van der Waals surface area contributed by atoms with Crippen molar-refractivity contribution in [3.05, 3.63) is 0 Å². The van der Waals surface area contributed by atoms with Crippen LogP contribution in [0, 0.1) is 5.92 Å². The molecule has 0 saturated heterocycles. The fourth-order valence-electron chi connectivity index (χ4n) is 3.31. The zero-order chi connectivity index (χ0) is 20.5. The van der Waals surface area contributed by atoms with Gasteiger partial charge in [-0.05, 0) is 12.8 Å². The Hall–Kier alpha value is -1.23. The molecule has 0 aromatic carbocycles. The van der Waals surface area contributed by atoms with E-state index in [4.69, 9.17) is 0 Å². The summed E-state index contributed by atoms with van der Waals surface area (Å²) in [7, 11) is 0. The van der Waals surface area contributed by atoms with Gasteiger partial charge in [-0.3, -0.25) is 14.4 Å². The number of aliphatic carboxylic acids is 1. The molecule has 2 N–H and O–H groups in total. The van der Waals surface area contributed by atoms with Crippen LogP contribution in [0.1, 0.15) is 110 Å². The second-order valence-electron chi connectivity index (χ2n) is 7.64. The zero-order valence-electron chi connectivity index (χ0n) is 17.4. The lowest BCUT2D eigenvalue weighted by Crippen LogP contribution is -2.36. The van der Waals surface area contributed by atoms with E-state index in [1.54, 1.807) is 0 Å². The van der Waals surface area contributed by atoms with Crippen molar-refractivity contribution in [2.24, 2.45) is 5.92 Å². The maximum Gasteiger partial charge on any atom is 0.316 e. The van der Waals surface area contributed by atoms with Gasteiger partial charge in [0.05, 0.1) is 12.5 Å². The molecular weight excluding hydrogens is 344 g/mol. The predicted molar refractivity (Wildman–Crippen MR) is 108 cm³/mol. The Bertz CT molecular complexity index is 419. The van der Waals surface area contributed by atoms with Gasteiger partial charge in [0.15, 0.2) is 5.78 Å². The van der Waals surface area contributed by atoms with Gasteiger partial charge in [-0.2, -0.15) is 0 Å². The van der Waals surface area contributed by atoms with Crippen molar-refractivity contribution in [1.82, 2.24) is 0 Å². The van der Waals surface area contributed by atoms with Crippen molar-refractivity contribution >= 4 is 17.5 Å². The summed E-state index contributed by atoms with van der Waals surface area (Å²) in [6.45, 7) is 4.28. The largest absolute Gasteiger partial charge is 0.481 e. The van der Waals surface area contributed by atoms with Crippen molar-refractivity contribution in [2.75, 3.05) is 0 Å². The van der Waals surface area contributed by atoms with E-state index in [2.05, 4.69) is 13.8 Å². The maximum absolute atomic E-state index is 12.2. The molecule has 0 amide bonds. The third kappa shape index (κ3) is 13.6. The summed E-state index contributed by atoms with van der Waals surface area (Å²) >= 11 is 0. The summed E-state index contributed by atoms with van der Waals surface area (Å²) in [4.78, 5) is 35.6. The average Bonchev–Trinajstić information content (AvgIpc) is 2.60. The minimum absolute atomic E-state index is 0.213. The van der Waals surface area contributed by atoms with Crippen LogP contribution in [-0.4, -0.2) is 33.9 Å². The van der Waals surface area contributed by atoms with Crippen LogP contribution in [-0.2, 0) is 14.4 Å². The van der Waals surface area contributed by atoms with Crippen molar-refractivity contribution in [1.29, 1.82) is 0 Å². The molecule has 0 bridgehead atoms. The van der Waals surface area contributed by atoms with Crippen molar-refractivity contribution in [3.63, 3.8) is 0 Å². The van der Waals surface area contributed by atoms with E-state index in [1.807, 2.05) is 0 Å². The van der Waals surface area contributed by atoms with Crippen LogP contribution >= 0.6 is 0 Å². The second kappa shape index (κ2) is 16.9. The molecule has 2 atom stereocenters. The monoisotopic (exact) mass is 384 g/mol. The molecule has 0 aromatic heterocycles. The smallest absolute Gasteiger partial charge is 0.316 e. The predicted octanol–water partition coefficient (Wildman–Crippen LogP) is 5.08. The van der Waals surface area contributed by atoms with Crippen LogP contribution in [0.5, 0.6) is 0 Å². The maximum atomic E-state index is 12.2. The molecule has 27 heavy (non-hydrogen) atoms. The van der Waals surface area contributed by atoms with E-state index in [1.165, 1.54) is 25.7 Å². The van der Waals surface area contributed by atoms with Crippen molar-refractivity contribution in [3.8, 4) is 0 Å². The van der Waals surface area contributed by atoms with E-state index >= 15 is 0 Å². The minimum Gasteiger partial charge on any atom is -0.481 e. The number of aliphatic hydroxyl groups is 1. The summed E-state index contributed by atoms with van der Waals surface area (Å²) in [5.41, 5.74) is 0. The number of hydrogen-bond donors (Lipinski definition) is 2. The Labute approximate surface area is 164 Å². The minimum atomic E-state index is -1.48. The number of carboxylic acids is 1. The molecule has 5 nitrogen and oxygen atoms in total. The third-order valence-corrected chi connectivity index (χ3v) is 5.03. The van der Waals surface area contributed by atoms with E-state index in [0.29, 0.717) is 19.3 Å². The molecule has 5 heteroatoms. The van der Waals surface area contributed by atoms with Gasteiger partial charge in [0.1, 0.15) is 11.7 Å². The molecule has 0 spiro atoms. The molecule has 0 aliphatic carbocycles. The number of carbonyl (C=O) groups is 3. The standard InChI is InChI=1S/C22H40O5/c1-3-5-7-9-10-12-13-15-18(23)17-20(25)21(22(26)27)19(24)16-14-11-8-6-4-2/h19,21,24H,3-17H2,1-2H3,(H,26,27). The van der Waals surface area contributed by atoms with Crippen molar-refractivity contribution < 1.29 is 24.6 Å². The van der Waals surface area contributed by atoms with Crippen LogP contribution < -0.4 is 0 Å². The van der Waals surface area contributed by atoms with E-state index in [-0.39, 0.29) is 12.2 Å². The first-order valence-electron chi connectivity index (χ1n) is 10.9. The fraction of sp³-hybridized carbons (Fsp3) is 0.864. The number of carboxylic acid groups (broad SMARTS) is 1. The highest BCUT2D eigenvalue weighted by atomic mass is 16.4. The molecule has 0 aromatic rings. The Morgan fingerprint density at radius 3 is 1.74 bits per heavy atom. The lowest BCUT2D eigenvalue weighted by Gasteiger charge is -2.17. The Balaban J connectivity index is 4.15. The van der Waals surface area contributed by atoms with E-state index in [9.17, 15) is 24.6 Å². The van der Waals surface area contributed by atoms with Gasteiger partial charge in [0.2, 0.25) is 0 Å². The Morgan fingerprint density at radius 1 is 0.741 bits per heavy atom. The Kier molecular flexibility index (Phi) is 16.1. The van der Waals surface area contributed by atoms with E-state index in [0.717, 1.165) is 44.9 Å². The number of carbonyl (C=O) groups excluding carboxylic acids is 2. The SMILES string of the molecule is CCCCCCCCCC(=O)CC(=O)C(C(=O)O)C(O)CCCCCCC. The second-order valence-corrected chi connectivity index (χ2v) is 7.64. The van der Waals surface area contributed by atoms with Gasteiger partial charge < -0.3 is 10.2 Å². The average molecular weight is 385 g/mol. The normalized spacial score (nSPS) is 13.3. The first-order chi connectivity index (χ1) is 12.9. The number of ketones is 2. The van der Waals surface area contributed by atoms with Crippen molar-refractivity contribution in [2.45, 2.75) is 116 Å². The number of Topliss-reactive ketones (excluding diaryl/α,β-unsaturated/α-hetero) is 2. The van der Waals surface area contributed by atoms with Crippen LogP contribution in [0.2, 0.25) is 0 Å². The summed E-state index contributed by atoms with van der Waals surface area (Å²) in [5.74, 6) is -3.68. The molecule has 2 unspecified atom stereocenters.